The van der Waals surface area contributed by atoms with E-state index in [4.69, 9.17) is 0 Å². The van der Waals surface area contributed by atoms with Crippen molar-refractivity contribution in [3.05, 3.63) is 51.9 Å². The van der Waals surface area contributed by atoms with E-state index in [1.807, 2.05) is 13.0 Å². The fourth-order valence-electron chi connectivity index (χ4n) is 3.71. The van der Waals surface area contributed by atoms with Gasteiger partial charge in [0.15, 0.2) is 0 Å². The van der Waals surface area contributed by atoms with E-state index in [0.717, 1.165) is 16.9 Å². The molecule has 1 amide bonds. The van der Waals surface area contributed by atoms with Crippen LogP contribution in [0.2, 0.25) is 0 Å². The number of carbonyl (C=O) groups is 1. The van der Waals surface area contributed by atoms with Crippen LogP contribution in [0.15, 0.2) is 34.5 Å². The van der Waals surface area contributed by atoms with Crippen LogP contribution >= 0.6 is 11.3 Å². The van der Waals surface area contributed by atoms with Gasteiger partial charge in [0.25, 0.3) is 10.0 Å². The third kappa shape index (κ3) is 4.47. The molecule has 152 valence electrons. The van der Waals surface area contributed by atoms with Gasteiger partial charge >= 0.3 is 0 Å². The van der Waals surface area contributed by atoms with E-state index in [2.05, 4.69) is 32.0 Å². The van der Waals surface area contributed by atoms with Crippen LogP contribution in [-0.4, -0.2) is 43.7 Å². The average molecular weight is 421 g/mol. The van der Waals surface area contributed by atoms with Crippen LogP contribution in [0.5, 0.6) is 0 Å². The Balaban J connectivity index is 1.70. The molecular weight excluding hydrogens is 392 g/mol. The van der Waals surface area contributed by atoms with E-state index in [1.54, 1.807) is 18.0 Å². The van der Waals surface area contributed by atoms with E-state index < -0.39 is 10.0 Å². The molecule has 7 heteroatoms. The van der Waals surface area contributed by atoms with Crippen molar-refractivity contribution in [1.82, 2.24) is 9.21 Å². The van der Waals surface area contributed by atoms with Gasteiger partial charge in [-0.1, -0.05) is 23.8 Å². The van der Waals surface area contributed by atoms with Crippen LogP contribution in [0.4, 0.5) is 0 Å². The minimum atomic E-state index is -3.52. The van der Waals surface area contributed by atoms with Gasteiger partial charge in [-0.3, -0.25) is 4.79 Å². The molecule has 1 aromatic heterocycles. The lowest BCUT2D eigenvalue weighted by molar-refractivity contribution is -0.135. The summed E-state index contributed by atoms with van der Waals surface area (Å²) in [5.74, 6) is -0.275. The van der Waals surface area contributed by atoms with Crippen molar-refractivity contribution < 1.29 is 13.2 Å². The number of hydrogen-bond donors (Lipinski definition) is 0. The van der Waals surface area contributed by atoms with Gasteiger partial charge in [0.2, 0.25) is 5.91 Å². The molecule has 1 atom stereocenters. The lowest BCUT2D eigenvalue weighted by Gasteiger charge is -2.33. The van der Waals surface area contributed by atoms with E-state index in [0.29, 0.717) is 23.7 Å². The second kappa shape index (κ2) is 8.35. The van der Waals surface area contributed by atoms with Gasteiger partial charge in [0.1, 0.15) is 4.21 Å². The molecule has 3 rings (SSSR count). The highest BCUT2D eigenvalue weighted by Crippen LogP contribution is 2.29. The molecule has 1 aliphatic rings. The Bertz CT molecular complexity index is 966. The monoisotopic (exact) mass is 420 g/mol. The number of rotatable bonds is 5. The van der Waals surface area contributed by atoms with Crippen molar-refractivity contribution in [3.63, 3.8) is 0 Å². The Labute approximate surface area is 172 Å². The molecule has 0 radical (unpaired) electrons. The van der Waals surface area contributed by atoms with Crippen molar-refractivity contribution in [2.24, 2.45) is 5.92 Å². The predicted molar refractivity (Wildman–Crippen MR) is 113 cm³/mol. The number of piperidine rings is 1. The van der Waals surface area contributed by atoms with Gasteiger partial charge in [0.05, 0.1) is 5.92 Å². The summed E-state index contributed by atoms with van der Waals surface area (Å²) in [5.41, 5.74) is 3.49. The lowest BCUT2D eigenvalue weighted by Crippen LogP contribution is -2.45. The Morgan fingerprint density at radius 1 is 1.21 bits per heavy atom. The number of thiophene rings is 1. The fraction of sp³-hybridized carbons (Fsp3) is 0.476. The zero-order chi connectivity index (χ0) is 20.5. The molecule has 0 aliphatic carbocycles. The lowest BCUT2D eigenvalue weighted by atomic mass is 9.97. The van der Waals surface area contributed by atoms with Crippen molar-refractivity contribution in [2.45, 2.75) is 44.4 Å². The number of aryl methyl sites for hydroxylation is 3. The van der Waals surface area contributed by atoms with Gasteiger partial charge < -0.3 is 4.90 Å². The summed E-state index contributed by atoms with van der Waals surface area (Å²) in [4.78, 5) is 15.7. The largest absolute Gasteiger partial charge is 0.341 e. The molecule has 2 aromatic rings. The fourth-order valence-corrected chi connectivity index (χ4v) is 6.67. The highest BCUT2D eigenvalue weighted by Gasteiger charge is 2.35. The first-order chi connectivity index (χ1) is 13.2. The molecule has 0 N–H and O–H groups in total. The van der Waals surface area contributed by atoms with Crippen molar-refractivity contribution >= 4 is 27.3 Å². The van der Waals surface area contributed by atoms with E-state index in [-0.39, 0.29) is 18.4 Å². The SMILES string of the molecule is Cc1ccc(CN(C)C(=O)C2CCCN(S(=O)(=O)c3ccc(C)s3)C2)c(C)c1. The molecular formula is C21H28N2O3S2. The van der Waals surface area contributed by atoms with Gasteiger partial charge in [-0.2, -0.15) is 4.31 Å². The zero-order valence-corrected chi connectivity index (χ0v) is 18.6. The van der Waals surface area contributed by atoms with Crippen LogP contribution < -0.4 is 0 Å². The zero-order valence-electron chi connectivity index (χ0n) is 16.9. The van der Waals surface area contributed by atoms with Crippen molar-refractivity contribution in [3.8, 4) is 0 Å². The standard InChI is InChI=1S/C21H28N2O3S2/c1-15-7-9-18(16(2)12-15)13-22(4)21(24)19-6-5-11-23(14-19)28(25,26)20-10-8-17(3)27-20/h7-10,12,19H,5-6,11,13-14H2,1-4H3. The van der Waals surface area contributed by atoms with Gasteiger partial charge in [0, 0.05) is 31.6 Å². The maximum absolute atomic E-state index is 13.0. The quantitative estimate of drug-likeness (QED) is 0.741. The molecule has 28 heavy (non-hydrogen) atoms. The molecule has 0 bridgehead atoms. The van der Waals surface area contributed by atoms with Gasteiger partial charge in [-0.15, -0.1) is 11.3 Å². The Kier molecular flexibility index (Phi) is 6.27. The molecule has 1 fully saturated rings. The number of sulfonamides is 1. The molecule has 0 saturated carbocycles. The van der Waals surface area contributed by atoms with Crippen LogP contribution in [0.3, 0.4) is 0 Å². The number of benzene rings is 1. The molecule has 1 aromatic carbocycles. The summed E-state index contributed by atoms with van der Waals surface area (Å²) in [6.07, 6.45) is 1.43. The van der Waals surface area contributed by atoms with E-state index in [9.17, 15) is 13.2 Å². The number of amides is 1. The van der Waals surface area contributed by atoms with Gasteiger partial charge in [-0.05, 0) is 56.9 Å². The molecule has 1 saturated heterocycles. The average Bonchev–Trinajstić information content (AvgIpc) is 3.10. The molecule has 1 unspecified atom stereocenters. The first-order valence-corrected chi connectivity index (χ1v) is 11.8. The van der Waals surface area contributed by atoms with Crippen molar-refractivity contribution in [1.29, 1.82) is 0 Å². The summed E-state index contributed by atoms with van der Waals surface area (Å²) in [6.45, 7) is 7.28. The summed E-state index contributed by atoms with van der Waals surface area (Å²) in [5, 5.41) is 0. The highest BCUT2D eigenvalue weighted by molar-refractivity contribution is 7.91. The molecule has 5 nitrogen and oxygen atoms in total. The number of carbonyl (C=O) groups excluding carboxylic acids is 1. The number of hydrogen-bond acceptors (Lipinski definition) is 4. The third-order valence-corrected chi connectivity index (χ3v) is 8.66. The molecule has 2 heterocycles. The Hall–Kier alpha value is -1.70. The van der Waals surface area contributed by atoms with Crippen LogP contribution in [0.25, 0.3) is 0 Å². The van der Waals surface area contributed by atoms with Crippen molar-refractivity contribution in [2.75, 3.05) is 20.1 Å². The second-order valence-electron chi connectivity index (χ2n) is 7.69. The Morgan fingerprint density at radius 2 is 1.96 bits per heavy atom. The summed E-state index contributed by atoms with van der Waals surface area (Å²) in [6, 6.07) is 9.71. The molecule has 0 spiro atoms. The highest BCUT2D eigenvalue weighted by atomic mass is 32.2. The maximum Gasteiger partial charge on any atom is 0.252 e. The summed E-state index contributed by atoms with van der Waals surface area (Å²) >= 11 is 1.28. The topological polar surface area (TPSA) is 57.7 Å². The predicted octanol–water partition coefficient (Wildman–Crippen LogP) is 3.73. The number of nitrogens with zero attached hydrogens (tertiary/aromatic N) is 2. The van der Waals surface area contributed by atoms with Crippen LogP contribution in [0, 0.1) is 26.7 Å². The maximum atomic E-state index is 13.0. The minimum absolute atomic E-state index is 0.0160. The van der Waals surface area contributed by atoms with E-state index >= 15 is 0 Å². The first kappa shape index (κ1) is 21.0. The van der Waals surface area contributed by atoms with Crippen LogP contribution in [0.1, 0.15) is 34.4 Å². The van der Waals surface area contributed by atoms with Gasteiger partial charge in [-0.25, -0.2) is 8.42 Å². The minimum Gasteiger partial charge on any atom is -0.341 e. The summed E-state index contributed by atoms with van der Waals surface area (Å²) in [7, 11) is -1.72. The summed E-state index contributed by atoms with van der Waals surface area (Å²) < 4.78 is 27.7. The smallest absolute Gasteiger partial charge is 0.252 e. The second-order valence-corrected chi connectivity index (χ2v) is 11.1. The third-order valence-electron chi connectivity index (χ3n) is 5.33. The normalized spacial score (nSPS) is 18.2. The molecule has 1 aliphatic heterocycles. The Morgan fingerprint density at radius 3 is 2.61 bits per heavy atom. The van der Waals surface area contributed by atoms with Crippen LogP contribution in [-0.2, 0) is 21.4 Å². The first-order valence-electron chi connectivity index (χ1n) is 9.56. The van der Waals surface area contributed by atoms with E-state index in [1.165, 1.54) is 26.8 Å².